The van der Waals surface area contributed by atoms with E-state index >= 15 is 0 Å². The van der Waals surface area contributed by atoms with Gasteiger partial charge in [-0.1, -0.05) is 11.3 Å². The standard InChI is InChI=1S/C9H10N4O/c1-6(10)9(14)8-7-4-2-3-5-13(7)12-11-8/h2-6H,10H2,1H3. The van der Waals surface area contributed by atoms with E-state index in [-0.39, 0.29) is 5.78 Å². The van der Waals surface area contributed by atoms with E-state index < -0.39 is 6.04 Å². The van der Waals surface area contributed by atoms with E-state index in [0.717, 1.165) is 0 Å². The number of nitrogens with two attached hydrogens (primary N) is 1. The first-order valence-electron chi connectivity index (χ1n) is 4.30. The van der Waals surface area contributed by atoms with Crippen molar-refractivity contribution in [2.75, 3.05) is 0 Å². The highest BCUT2D eigenvalue weighted by atomic mass is 16.1. The lowest BCUT2D eigenvalue weighted by Crippen LogP contribution is -2.27. The maximum absolute atomic E-state index is 11.6. The second kappa shape index (κ2) is 3.19. The van der Waals surface area contributed by atoms with Crippen molar-refractivity contribution >= 4 is 11.3 Å². The zero-order valence-electron chi connectivity index (χ0n) is 7.71. The average Bonchev–Trinajstić information content (AvgIpc) is 2.60. The van der Waals surface area contributed by atoms with Crippen molar-refractivity contribution in [3.8, 4) is 0 Å². The van der Waals surface area contributed by atoms with Gasteiger partial charge in [-0.2, -0.15) is 0 Å². The first-order valence-corrected chi connectivity index (χ1v) is 4.30. The van der Waals surface area contributed by atoms with E-state index in [2.05, 4.69) is 10.3 Å². The molecule has 5 heteroatoms. The van der Waals surface area contributed by atoms with Gasteiger partial charge in [-0.3, -0.25) is 4.79 Å². The molecular weight excluding hydrogens is 180 g/mol. The zero-order valence-corrected chi connectivity index (χ0v) is 7.71. The molecule has 5 nitrogen and oxygen atoms in total. The fourth-order valence-electron chi connectivity index (χ4n) is 1.24. The summed E-state index contributed by atoms with van der Waals surface area (Å²) in [6.45, 7) is 1.64. The van der Waals surface area contributed by atoms with Gasteiger partial charge < -0.3 is 5.73 Å². The molecule has 2 aromatic heterocycles. The molecule has 0 aliphatic heterocycles. The molecule has 0 spiro atoms. The Morgan fingerprint density at radius 3 is 3.07 bits per heavy atom. The van der Waals surface area contributed by atoms with Gasteiger partial charge in [-0.05, 0) is 19.1 Å². The highest BCUT2D eigenvalue weighted by Crippen LogP contribution is 2.08. The molecule has 0 aromatic carbocycles. The van der Waals surface area contributed by atoms with Crippen molar-refractivity contribution in [3.05, 3.63) is 30.1 Å². The van der Waals surface area contributed by atoms with E-state index in [4.69, 9.17) is 5.73 Å². The van der Waals surface area contributed by atoms with Crippen LogP contribution in [0.1, 0.15) is 17.4 Å². The van der Waals surface area contributed by atoms with Crippen LogP contribution in [0.25, 0.3) is 5.52 Å². The summed E-state index contributed by atoms with van der Waals surface area (Å²) in [6.07, 6.45) is 1.74. The number of pyridine rings is 1. The van der Waals surface area contributed by atoms with Gasteiger partial charge in [0.2, 0.25) is 5.78 Å². The molecule has 0 bridgehead atoms. The minimum atomic E-state index is -0.546. The van der Waals surface area contributed by atoms with Crippen molar-refractivity contribution in [1.82, 2.24) is 14.8 Å². The minimum Gasteiger partial charge on any atom is -0.321 e. The van der Waals surface area contributed by atoms with E-state index in [1.165, 1.54) is 0 Å². The predicted octanol–water partition coefficient (Wildman–Crippen LogP) is 0.259. The predicted molar refractivity (Wildman–Crippen MR) is 51.0 cm³/mol. The number of fused-ring (bicyclic) bond motifs is 1. The van der Waals surface area contributed by atoms with E-state index in [9.17, 15) is 4.79 Å². The quantitative estimate of drug-likeness (QED) is 0.689. The number of rotatable bonds is 2. The summed E-state index contributed by atoms with van der Waals surface area (Å²) in [6, 6.07) is 4.89. The van der Waals surface area contributed by atoms with Gasteiger partial charge in [0.05, 0.1) is 11.6 Å². The Bertz CT molecular complexity index is 474. The van der Waals surface area contributed by atoms with Crippen molar-refractivity contribution < 1.29 is 4.79 Å². The van der Waals surface area contributed by atoms with Crippen LogP contribution in [-0.4, -0.2) is 26.7 Å². The van der Waals surface area contributed by atoms with Gasteiger partial charge in [-0.25, -0.2) is 4.52 Å². The second-order valence-corrected chi connectivity index (χ2v) is 3.12. The van der Waals surface area contributed by atoms with Gasteiger partial charge in [0.15, 0.2) is 5.69 Å². The highest BCUT2D eigenvalue weighted by molar-refractivity contribution is 6.03. The first kappa shape index (κ1) is 8.83. The Labute approximate surface area is 80.5 Å². The summed E-state index contributed by atoms with van der Waals surface area (Å²) >= 11 is 0. The fourth-order valence-corrected chi connectivity index (χ4v) is 1.24. The molecule has 72 valence electrons. The molecule has 0 radical (unpaired) electrons. The number of hydrogen-bond acceptors (Lipinski definition) is 4. The monoisotopic (exact) mass is 190 g/mol. The maximum atomic E-state index is 11.6. The topological polar surface area (TPSA) is 73.3 Å². The SMILES string of the molecule is CC(N)C(=O)c1nnn2ccccc12. The molecule has 0 aliphatic rings. The molecular formula is C9H10N4O. The van der Waals surface area contributed by atoms with Gasteiger partial charge in [0, 0.05) is 6.20 Å². The number of carbonyl (C=O) groups is 1. The average molecular weight is 190 g/mol. The molecule has 1 atom stereocenters. The largest absolute Gasteiger partial charge is 0.321 e. The first-order chi connectivity index (χ1) is 6.70. The molecule has 2 rings (SSSR count). The van der Waals surface area contributed by atoms with E-state index in [0.29, 0.717) is 11.2 Å². The van der Waals surface area contributed by atoms with Crippen LogP contribution in [0.3, 0.4) is 0 Å². The summed E-state index contributed by atoms with van der Waals surface area (Å²) in [5, 5.41) is 7.61. The lowest BCUT2D eigenvalue weighted by Gasteiger charge is -1.99. The van der Waals surface area contributed by atoms with Crippen LogP contribution in [0.2, 0.25) is 0 Å². The number of hydrogen-bond donors (Lipinski definition) is 1. The van der Waals surface area contributed by atoms with Crippen LogP contribution >= 0.6 is 0 Å². The molecule has 1 unspecified atom stereocenters. The second-order valence-electron chi connectivity index (χ2n) is 3.12. The Hall–Kier alpha value is -1.75. The molecule has 2 N–H and O–H groups in total. The van der Waals surface area contributed by atoms with Crippen molar-refractivity contribution in [2.24, 2.45) is 5.73 Å². The van der Waals surface area contributed by atoms with Gasteiger partial charge >= 0.3 is 0 Å². The minimum absolute atomic E-state index is 0.189. The van der Waals surface area contributed by atoms with Gasteiger partial charge in [-0.15, -0.1) is 5.10 Å². The van der Waals surface area contributed by atoms with Crippen LogP contribution < -0.4 is 5.73 Å². The fraction of sp³-hybridized carbons (Fsp3) is 0.222. The van der Waals surface area contributed by atoms with Crippen LogP contribution in [0.15, 0.2) is 24.4 Å². The number of ketones is 1. The molecule has 0 amide bonds. The van der Waals surface area contributed by atoms with Crippen molar-refractivity contribution in [2.45, 2.75) is 13.0 Å². The summed E-state index contributed by atoms with van der Waals surface area (Å²) in [5.74, 6) is -0.189. The third-order valence-electron chi connectivity index (χ3n) is 1.97. The summed E-state index contributed by atoms with van der Waals surface area (Å²) in [7, 11) is 0. The summed E-state index contributed by atoms with van der Waals surface area (Å²) in [5.41, 5.74) is 6.52. The number of carbonyl (C=O) groups excluding carboxylic acids is 1. The van der Waals surface area contributed by atoms with Gasteiger partial charge in [0.1, 0.15) is 0 Å². The maximum Gasteiger partial charge on any atom is 0.201 e. The third-order valence-corrected chi connectivity index (χ3v) is 1.97. The van der Waals surface area contributed by atoms with Gasteiger partial charge in [0.25, 0.3) is 0 Å². The van der Waals surface area contributed by atoms with Crippen LogP contribution in [0.4, 0.5) is 0 Å². The number of Topliss-reactive ketones (excluding diaryl/α,β-unsaturated/α-hetero) is 1. The normalized spacial score (nSPS) is 13.0. The molecule has 0 saturated carbocycles. The molecule has 2 heterocycles. The molecule has 0 fully saturated rings. The molecule has 14 heavy (non-hydrogen) atoms. The number of aromatic nitrogens is 3. The smallest absolute Gasteiger partial charge is 0.201 e. The van der Waals surface area contributed by atoms with Crippen molar-refractivity contribution in [3.63, 3.8) is 0 Å². The summed E-state index contributed by atoms with van der Waals surface area (Å²) in [4.78, 5) is 11.6. The van der Waals surface area contributed by atoms with Crippen LogP contribution in [-0.2, 0) is 0 Å². The lowest BCUT2D eigenvalue weighted by molar-refractivity contribution is 0.0964. The van der Waals surface area contributed by atoms with E-state index in [1.54, 1.807) is 23.7 Å². The third kappa shape index (κ3) is 1.27. The Kier molecular flexibility index (Phi) is 2.01. The van der Waals surface area contributed by atoms with Crippen LogP contribution in [0, 0.1) is 0 Å². The Balaban J connectivity index is 2.58. The highest BCUT2D eigenvalue weighted by Gasteiger charge is 2.17. The lowest BCUT2D eigenvalue weighted by atomic mass is 10.1. The van der Waals surface area contributed by atoms with Crippen molar-refractivity contribution in [1.29, 1.82) is 0 Å². The zero-order chi connectivity index (χ0) is 10.1. The van der Waals surface area contributed by atoms with E-state index in [1.807, 2.05) is 12.1 Å². The Morgan fingerprint density at radius 2 is 2.36 bits per heavy atom. The number of nitrogens with zero attached hydrogens (tertiary/aromatic N) is 3. The molecule has 2 aromatic rings. The van der Waals surface area contributed by atoms with Crippen LogP contribution in [0.5, 0.6) is 0 Å². The molecule has 0 aliphatic carbocycles. The Morgan fingerprint density at radius 1 is 1.57 bits per heavy atom. The summed E-state index contributed by atoms with van der Waals surface area (Å²) < 4.78 is 1.55. The molecule has 0 saturated heterocycles.